The highest BCUT2D eigenvalue weighted by atomic mass is 16.3. The highest BCUT2D eigenvalue weighted by Gasteiger charge is 1.77. The zero-order chi connectivity index (χ0) is 6.41. The van der Waals surface area contributed by atoms with Crippen molar-refractivity contribution in [3.05, 3.63) is 24.2 Å². The Kier molecular flexibility index (Phi) is 3.31. The predicted octanol–water partition coefficient (Wildman–Crippen LogP) is 0.699. The normalized spacial score (nSPS) is 12.2. The Balaban J connectivity index is 3.69. The number of rotatable bonds is 2. The molecule has 2 N–H and O–H groups in total. The molecule has 0 heterocycles. The van der Waals surface area contributed by atoms with Gasteiger partial charge in [-0.2, -0.15) is 0 Å². The molecule has 0 saturated heterocycles. The molecule has 0 saturated carbocycles. The number of aliphatic hydroxyl groups is 2. The van der Waals surface area contributed by atoms with E-state index in [1.165, 1.54) is 0 Å². The van der Waals surface area contributed by atoms with Gasteiger partial charge in [-0.3, -0.25) is 4.79 Å². The Bertz CT molecular complexity index is 124. The first-order valence-electron chi connectivity index (χ1n) is 1.96. The molecule has 0 aliphatic heterocycles. The van der Waals surface area contributed by atoms with Crippen LogP contribution in [0.4, 0.5) is 0 Å². The van der Waals surface area contributed by atoms with Crippen molar-refractivity contribution in [3.63, 3.8) is 0 Å². The molecule has 0 aromatic heterocycles. The lowest BCUT2D eigenvalue weighted by molar-refractivity contribution is -0.104. The van der Waals surface area contributed by atoms with Gasteiger partial charge in [0.1, 0.15) is 18.3 Å². The summed E-state index contributed by atoms with van der Waals surface area (Å²) in [6, 6.07) is 0. The van der Waals surface area contributed by atoms with Crippen LogP contribution in [0.3, 0.4) is 0 Å². The molecule has 44 valence electrons. The van der Waals surface area contributed by atoms with Crippen LogP contribution in [0, 0.1) is 0 Å². The van der Waals surface area contributed by atoms with Crippen molar-refractivity contribution in [1.29, 1.82) is 0 Å². The SMILES string of the molecule is O=C/C=C\C(O)=C\O. The minimum Gasteiger partial charge on any atom is -0.512 e. The summed E-state index contributed by atoms with van der Waals surface area (Å²) in [5.41, 5.74) is 0. The molecule has 3 heteroatoms. The minimum atomic E-state index is -0.336. The van der Waals surface area contributed by atoms with Crippen LogP contribution in [-0.2, 0) is 4.79 Å². The van der Waals surface area contributed by atoms with E-state index in [9.17, 15) is 4.79 Å². The van der Waals surface area contributed by atoms with Gasteiger partial charge in [0.15, 0.2) is 0 Å². The zero-order valence-corrected chi connectivity index (χ0v) is 4.11. The molecule has 0 aromatic carbocycles. The first-order valence-corrected chi connectivity index (χ1v) is 1.96. The second-order valence-corrected chi connectivity index (χ2v) is 1.05. The van der Waals surface area contributed by atoms with Crippen molar-refractivity contribution in [2.24, 2.45) is 0 Å². The van der Waals surface area contributed by atoms with E-state index in [1.54, 1.807) is 0 Å². The Morgan fingerprint density at radius 2 is 2.12 bits per heavy atom. The number of aliphatic hydroxyl groups excluding tert-OH is 2. The lowest BCUT2D eigenvalue weighted by atomic mass is 10.5. The highest BCUT2D eigenvalue weighted by Crippen LogP contribution is 1.84. The largest absolute Gasteiger partial charge is 0.512 e. The summed E-state index contributed by atoms with van der Waals surface area (Å²) in [5, 5.41) is 16.3. The van der Waals surface area contributed by atoms with Crippen LogP contribution in [0.15, 0.2) is 24.2 Å². The van der Waals surface area contributed by atoms with Gasteiger partial charge >= 0.3 is 0 Å². The summed E-state index contributed by atoms with van der Waals surface area (Å²) in [6.45, 7) is 0. The van der Waals surface area contributed by atoms with Crippen molar-refractivity contribution < 1.29 is 15.0 Å². The first-order chi connectivity index (χ1) is 3.81. The molecular weight excluding hydrogens is 108 g/mol. The molecule has 0 amide bonds. The molecule has 0 aliphatic rings. The van der Waals surface area contributed by atoms with Gasteiger partial charge in [0.25, 0.3) is 0 Å². The molecule has 0 bridgehead atoms. The Morgan fingerprint density at radius 3 is 2.50 bits per heavy atom. The lowest BCUT2D eigenvalue weighted by Gasteiger charge is -1.80. The Morgan fingerprint density at radius 1 is 1.50 bits per heavy atom. The first kappa shape index (κ1) is 6.75. The summed E-state index contributed by atoms with van der Waals surface area (Å²) in [5.74, 6) is -0.336. The van der Waals surface area contributed by atoms with E-state index in [2.05, 4.69) is 0 Å². The second kappa shape index (κ2) is 3.92. The van der Waals surface area contributed by atoms with Gasteiger partial charge in [0.05, 0.1) is 0 Å². The molecule has 0 radical (unpaired) electrons. The molecule has 3 nitrogen and oxygen atoms in total. The van der Waals surface area contributed by atoms with Gasteiger partial charge in [-0.25, -0.2) is 0 Å². The molecular formula is C5H6O3. The molecule has 0 fully saturated rings. The smallest absolute Gasteiger partial charge is 0.149 e. The molecule has 8 heavy (non-hydrogen) atoms. The van der Waals surface area contributed by atoms with Crippen LogP contribution in [-0.4, -0.2) is 16.5 Å². The summed E-state index contributed by atoms with van der Waals surface area (Å²) in [7, 11) is 0. The van der Waals surface area contributed by atoms with Gasteiger partial charge in [0.2, 0.25) is 0 Å². The van der Waals surface area contributed by atoms with Crippen LogP contribution in [0.5, 0.6) is 0 Å². The summed E-state index contributed by atoms with van der Waals surface area (Å²) in [4.78, 5) is 9.52. The molecule has 0 spiro atoms. The van der Waals surface area contributed by atoms with Gasteiger partial charge < -0.3 is 10.2 Å². The topological polar surface area (TPSA) is 57.5 Å². The number of hydrogen-bond acceptors (Lipinski definition) is 3. The van der Waals surface area contributed by atoms with Crippen LogP contribution < -0.4 is 0 Å². The molecule has 0 aromatic rings. The summed E-state index contributed by atoms with van der Waals surface area (Å²) < 4.78 is 0. The van der Waals surface area contributed by atoms with Gasteiger partial charge in [-0.1, -0.05) is 0 Å². The van der Waals surface area contributed by atoms with Gasteiger partial charge in [-0.15, -0.1) is 0 Å². The van der Waals surface area contributed by atoms with Crippen molar-refractivity contribution in [2.75, 3.05) is 0 Å². The van der Waals surface area contributed by atoms with E-state index < -0.39 is 0 Å². The van der Waals surface area contributed by atoms with Gasteiger partial charge in [0, 0.05) is 0 Å². The van der Waals surface area contributed by atoms with Crippen molar-refractivity contribution in [1.82, 2.24) is 0 Å². The monoisotopic (exact) mass is 114 g/mol. The van der Waals surface area contributed by atoms with Crippen molar-refractivity contribution in [2.45, 2.75) is 0 Å². The van der Waals surface area contributed by atoms with E-state index in [-0.39, 0.29) is 5.76 Å². The number of carbonyl (C=O) groups excluding carboxylic acids is 1. The highest BCUT2D eigenvalue weighted by molar-refractivity contribution is 5.65. The molecule has 0 rings (SSSR count). The fourth-order valence-electron chi connectivity index (χ4n) is 0.181. The summed E-state index contributed by atoms with van der Waals surface area (Å²) in [6.07, 6.45) is 3.15. The standard InChI is InChI=1S/C5H6O3/c6-3-1-2-5(8)4-7/h1-4,7-8H/b2-1-,5-4-. The van der Waals surface area contributed by atoms with Crippen LogP contribution in [0.1, 0.15) is 0 Å². The van der Waals surface area contributed by atoms with Crippen LogP contribution in [0.2, 0.25) is 0 Å². The lowest BCUT2D eigenvalue weighted by Crippen LogP contribution is -1.71. The number of hydrogen-bond donors (Lipinski definition) is 2. The van der Waals surface area contributed by atoms with Crippen molar-refractivity contribution >= 4 is 6.29 Å². The average molecular weight is 114 g/mol. The summed E-state index contributed by atoms with van der Waals surface area (Å²) >= 11 is 0. The van der Waals surface area contributed by atoms with E-state index in [4.69, 9.17) is 10.2 Å². The number of carbonyl (C=O) groups is 1. The maximum absolute atomic E-state index is 9.52. The maximum atomic E-state index is 9.52. The fraction of sp³-hybridized carbons (Fsp3) is 0. The van der Waals surface area contributed by atoms with Crippen LogP contribution >= 0.6 is 0 Å². The van der Waals surface area contributed by atoms with Crippen LogP contribution in [0.25, 0.3) is 0 Å². The third-order valence-corrected chi connectivity index (χ3v) is 0.478. The van der Waals surface area contributed by atoms with Gasteiger partial charge in [-0.05, 0) is 12.2 Å². The number of aldehydes is 1. The van der Waals surface area contributed by atoms with E-state index in [1.807, 2.05) is 0 Å². The zero-order valence-electron chi connectivity index (χ0n) is 4.11. The fourth-order valence-corrected chi connectivity index (χ4v) is 0.181. The minimum absolute atomic E-state index is 0.336. The molecule has 0 aliphatic carbocycles. The predicted molar refractivity (Wildman–Crippen MR) is 28.5 cm³/mol. The Hall–Kier alpha value is -1.25. The second-order valence-electron chi connectivity index (χ2n) is 1.05. The molecule has 0 atom stereocenters. The number of allylic oxidation sites excluding steroid dienone is 2. The van der Waals surface area contributed by atoms with E-state index in [0.29, 0.717) is 12.5 Å². The average Bonchev–Trinajstić information content (AvgIpc) is 1.83. The third-order valence-electron chi connectivity index (χ3n) is 0.478. The quantitative estimate of drug-likeness (QED) is 0.240. The van der Waals surface area contributed by atoms with E-state index in [0.717, 1.165) is 12.2 Å². The maximum Gasteiger partial charge on any atom is 0.149 e. The Labute approximate surface area is 46.6 Å². The van der Waals surface area contributed by atoms with E-state index >= 15 is 0 Å². The third kappa shape index (κ3) is 2.96. The van der Waals surface area contributed by atoms with Crippen molar-refractivity contribution in [3.8, 4) is 0 Å². The molecule has 0 unspecified atom stereocenters.